The van der Waals surface area contributed by atoms with Crippen molar-refractivity contribution >= 4 is 0 Å². The number of hydrogen-bond donors (Lipinski definition) is 2. The van der Waals surface area contributed by atoms with Crippen LogP contribution in [0.4, 0.5) is 13.2 Å². The van der Waals surface area contributed by atoms with E-state index in [1.165, 1.54) is 6.42 Å². The largest absolute Gasteiger partial charge is 0.391 e. The second-order valence-electron chi connectivity index (χ2n) is 6.56. The zero-order valence-electron chi connectivity index (χ0n) is 11.6. The highest BCUT2D eigenvalue weighted by Gasteiger charge is 2.46. The summed E-state index contributed by atoms with van der Waals surface area (Å²) in [7, 11) is 0. The molecule has 2 fully saturated rings. The molecule has 0 aromatic heterocycles. The minimum absolute atomic E-state index is 0.218. The average Bonchev–Trinajstić information content (AvgIpc) is 2.74. The van der Waals surface area contributed by atoms with Crippen molar-refractivity contribution < 1.29 is 13.2 Å². The van der Waals surface area contributed by atoms with Crippen molar-refractivity contribution in [1.29, 1.82) is 0 Å². The second kappa shape index (κ2) is 5.60. The first-order chi connectivity index (χ1) is 8.85. The van der Waals surface area contributed by atoms with Gasteiger partial charge >= 0.3 is 6.18 Å². The van der Waals surface area contributed by atoms with E-state index < -0.39 is 12.1 Å². The van der Waals surface area contributed by atoms with Gasteiger partial charge in [-0.1, -0.05) is 6.92 Å². The number of alkyl halides is 3. The Hall–Kier alpha value is -0.290. The van der Waals surface area contributed by atoms with Crippen LogP contribution in [0.3, 0.4) is 0 Å². The van der Waals surface area contributed by atoms with Gasteiger partial charge < -0.3 is 11.1 Å². The lowest BCUT2D eigenvalue weighted by Crippen LogP contribution is -2.57. The highest BCUT2D eigenvalue weighted by atomic mass is 19.4. The van der Waals surface area contributed by atoms with Crippen LogP contribution in [-0.4, -0.2) is 24.3 Å². The Labute approximate surface area is 113 Å². The minimum atomic E-state index is -4.04. The molecule has 0 amide bonds. The van der Waals surface area contributed by atoms with Gasteiger partial charge in [0.05, 0.1) is 5.92 Å². The number of rotatable bonds is 3. The van der Waals surface area contributed by atoms with Crippen LogP contribution in [0.15, 0.2) is 0 Å². The molecule has 2 saturated carbocycles. The van der Waals surface area contributed by atoms with Crippen molar-refractivity contribution in [3.8, 4) is 0 Å². The second-order valence-corrected chi connectivity index (χ2v) is 6.56. The average molecular weight is 278 g/mol. The number of halogens is 3. The van der Waals surface area contributed by atoms with Crippen LogP contribution in [0.2, 0.25) is 0 Å². The van der Waals surface area contributed by atoms with Gasteiger partial charge in [-0.2, -0.15) is 13.2 Å². The molecule has 0 aromatic rings. The molecular weight excluding hydrogens is 253 g/mol. The molecule has 0 radical (unpaired) electrons. The van der Waals surface area contributed by atoms with E-state index in [0.717, 1.165) is 18.8 Å². The van der Waals surface area contributed by atoms with Crippen LogP contribution >= 0.6 is 0 Å². The van der Waals surface area contributed by atoms with Gasteiger partial charge in [-0.3, -0.25) is 0 Å². The maximum atomic E-state index is 12.7. The summed E-state index contributed by atoms with van der Waals surface area (Å²) in [6.45, 7) is 2.68. The Bertz CT molecular complexity index is 296. The Morgan fingerprint density at radius 3 is 2.21 bits per heavy atom. The van der Waals surface area contributed by atoms with Crippen LogP contribution < -0.4 is 11.1 Å². The summed E-state index contributed by atoms with van der Waals surface area (Å²) < 4.78 is 38.1. The number of nitrogens with one attached hydrogen (secondary N) is 1. The van der Waals surface area contributed by atoms with Gasteiger partial charge in [0, 0.05) is 18.1 Å². The lowest BCUT2D eigenvalue weighted by atomic mass is 9.75. The molecule has 0 saturated heterocycles. The van der Waals surface area contributed by atoms with Crippen LogP contribution in [-0.2, 0) is 0 Å². The molecule has 3 N–H and O–H groups in total. The van der Waals surface area contributed by atoms with E-state index in [0.29, 0.717) is 25.4 Å². The van der Waals surface area contributed by atoms with E-state index >= 15 is 0 Å². The maximum Gasteiger partial charge on any atom is 0.391 e. The summed E-state index contributed by atoms with van der Waals surface area (Å²) in [6, 6.07) is 0.445. The minimum Gasteiger partial charge on any atom is -0.329 e. The molecule has 5 heteroatoms. The molecular formula is C14H25F3N2. The van der Waals surface area contributed by atoms with E-state index in [4.69, 9.17) is 5.73 Å². The summed E-state index contributed by atoms with van der Waals surface area (Å²) in [5, 5.41) is 3.59. The molecule has 0 aromatic carbocycles. The van der Waals surface area contributed by atoms with Gasteiger partial charge in [0.25, 0.3) is 0 Å². The normalized spacial score (nSPS) is 40.6. The maximum absolute atomic E-state index is 12.7. The SMILES string of the molecule is CC1CCC(NC2(CN)CCC(C(F)(F)F)CC2)C1. The third-order valence-electron chi connectivity index (χ3n) is 5.00. The van der Waals surface area contributed by atoms with Crippen molar-refractivity contribution in [3.63, 3.8) is 0 Å². The summed E-state index contributed by atoms with van der Waals surface area (Å²) in [5.41, 5.74) is 5.61. The molecule has 0 heterocycles. The van der Waals surface area contributed by atoms with Gasteiger partial charge in [-0.25, -0.2) is 0 Å². The van der Waals surface area contributed by atoms with Gasteiger partial charge in [0.2, 0.25) is 0 Å². The van der Waals surface area contributed by atoms with E-state index in [1.807, 2.05) is 0 Å². The van der Waals surface area contributed by atoms with Crippen molar-refractivity contribution in [2.24, 2.45) is 17.6 Å². The zero-order valence-corrected chi connectivity index (χ0v) is 11.6. The molecule has 2 unspecified atom stereocenters. The Morgan fingerprint density at radius 1 is 1.16 bits per heavy atom. The summed E-state index contributed by atoms with van der Waals surface area (Å²) in [6.07, 6.45) is 0.977. The van der Waals surface area contributed by atoms with Crippen LogP contribution in [0, 0.1) is 11.8 Å². The quantitative estimate of drug-likeness (QED) is 0.832. The third-order valence-corrected chi connectivity index (χ3v) is 5.00. The molecule has 19 heavy (non-hydrogen) atoms. The first-order valence-corrected chi connectivity index (χ1v) is 7.39. The van der Waals surface area contributed by atoms with Gasteiger partial charge in [0.15, 0.2) is 0 Å². The predicted octanol–water partition coefficient (Wildman–Crippen LogP) is 3.21. The predicted molar refractivity (Wildman–Crippen MR) is 69.7 cm³/mol. The van der Waals surface area contributed by atoms with Gasteiger partial charge in [-0.05, 0) is 50.9 Å². The molecule has 0 aliphatic heterocycles. The Morgan fingerprint density at radius 2 is 1.79 bits per heavy atom. The fraction of sp³-hybridized carbons (Fsp3) is 1.00. The Balaban J connectivity index is 1.90. The van der Waals surface area contributed by atoms with Gasteiger partial charge in [0.1, 0.15) is 0 Å². The lowest BCUT2D eigenvalue weighted by molar-refractivity contribution is -0.185. The number of hydrogen-bond acceptors (Lipinski definition) is 2. The first-order valence-electron chi connectivity index (χ1n) is 7.39. The highest BCUT2D eigenvalue weighted by molar-refractivity contribution is 4.98. The third kappa shape index (κ3) is 3.63. The molecule has 2 aliphatic rings. The van der Waals surface area contributed by atoms with E-state index in [2.05, 4.69) is 12.2 Å². The van der Waals surface area contributed by atoms with Crippen LogP contribution in [0.25, 0.3) is 0 Å². The van der Waals surface area contributed by atoms with Gasteiger partial charge in [-0.15, -0.1) is 0 Å². The molecule has 2 rings (SSSR count). The standard InChI is InChI=1S/C14H25F3N2/c1-10-2-3-12(8-10)19-13(9-18)6-4-11(5-7-13)14(15,16)17/h10-12,19H,2-9,18H2,1H3. The van der Waals surface area contributed by atoms with Crippen molar-refractivity contribution in [1.82, 2.24) is 5.32 Å². The summed E-state index contributed by atoms with van der Waals surface area (Å²) in [5.74, 6) is -0.407. The van der Waals surface area contributed by atoms with E-state index in [-0.39, 0.29) is 18.4 Å². The van der Waals surface area contributed by atoms with Crippen LogP contribution in [0.1, 0.15) is 51.9 Å². The fourth-order valence-electron chi connectivity index (χ4n) is 3.68. The zero-order chi connectivity index (χ0) is 14.1. The molecule has 2 aliphatic carbocycles. The molecule has 0 bridgehead atoms. The Kier molecular flexibility index (Phi) is 4.45. The van der Waals surface area contributed by atoms with Crippen molar-refractivity contribution in [2.45, 2.75) is 69.6 Å². The fourth-order valence-corrected chi connectivity index (χ4v) is 3.68. The molecule has 2 nitrogen and oxygen atoms in total. The molecule has 2 atom stereocenters. The van der Waals surface area contributed by atoms with Crippen molar-refractivity contribution in [3.05, 3.63) is 0 Å². The highest BCUT2D eigenvalue weighted by Crippen LogP contribution is 2.41. The lowest BCUT2D eigenvalue weighted by Gasteiger charge is -2.42. The van der Waals surface area contributed by atoms with Crippen molar-refractivity contribution in [2.75, 3.05) is 6.54 Å². The summed E-state index contributed by atoms with van der Waals surface area (Å²) >= 11 is 0. The van der Waals surface area contributed by atoms with E-state index in [9.17, 15) is 13.2 Å². The molecule has 0 spiro atoms. The topological polar surface area (TPSA) is 38.0 Å². The molecule has 112 valence electrons. The summed E-state index contributed by atoms with van der Waals surface area (Å²) in [4.78, 5) is 0. The van der Waals surface area contributed by atoms with E-state index in [1.54, 1.807) is 0 Å². The first kappa shape index (κ1) is 15.1. The number of nitrogens with two attached hydrogens (primary N) is 1. The monoisotopic (exact) mass is 278 g/mol. The smallest absolute Gasteiger partial charge is 0.329 e. The van der Waals surface area contributed by atoms with Crippen LogP contribution in [0.5, 0.6) is 0 Å².